The predicted octanol–water partition coefficient (Wildman–Crippen LogP) is 1.78. The van der Waals surface area contributed by atoms with Gasteiger partial charge in [-0.3, -0.25) is 25.5 Å². The van der Waals surface area contributed by atoms with E-state index in [4.69, 9.17) is 0 Å². The number of hydrogen-bond donors (Lipinski definition) is 3. The van der Waals surface area contributed by atoms with Crippen LogP contribution in [0.5, 0.6) is 0 Å². The molecular formula is C15H11FN4O2. The number of H-pyrrole nitrogens is 1. The molecule has 0 atom stereocenters. The third-order valence-electron chi connectivity index (χ3n) is 3.08. The van der Waals surface area contributed by atoms with Gasteiger partial charge in [0.1, 0.15) is 5.82 Å². The van der Waals surface area contributed by atoms with Crippen LogP contribution in [0.25, 0.3) is 10.9 Å². The first-order valence-electron chi connectivity index (χ1n) is 6.44. The fourth-order valence-electron chi connectivity index (χ4n) is 1.98. The smallest absolute Gasteiger partial charge is 0.277 e. The molecule has 1 heterocycles. The predicted molar refractivity (Wildman–Crippen MR) is 77.4 cm³/mol. The SMILES string of the molecule is O=C(NNC(=O)c1n[nH]c2ccccc12)c1ccc(F)cc1. The minimum Gasteiger partial charge on any atom is -0.277 e. The zero-order valence-corrected chi connectivity index (χ0v) is 11.3. The molecule has 6 nitrogen and oxygen atoms in total. The highest BCUT2D eigenvalue weighted by Crippen LogP contribution is 2.14. The molecule has 0 aliphatic carbocycles. The van der Waals surface area contributed by atoms with Crippen LogP contribution in [0.1, 0.15) is 20.8 Å². The van der Waals surface area contributed by atoms with Gasteiger partial charge in [-0.15, -0.1) is 0 Å². The van der Waals surface area contributed by atoms with E-state index < -0.39 is 17.6 Å². The molecule has 0 radical (unpaired) electrons. The van der Waals surface area contributed by atoms with E-state index >= 15 is 0 Å². The number of amides is 2. The summed E-state index contributed by atoms with van der Waals surface area (Å²) < 4.78 is 12.8. The first kappa shape index (κ1) is 13.7. The molecule has 3 aromatic rings. The van der Waals surface area contributed by atoms with Crippen molar-refractivity contribution in [1.29, 1.82) is 0 Å². The molecule has 0 bridgehead atoms. The quantitative estimate of drug-likeness (QED) is 0.630. The molecule has 0 aliphatic rings. The number of nitrogens with zero attached hydrogens (tertiary/aromatic N) is 1. The van der Waals surface area contributed by atoms with Gasteiger partial charge in [-0.1, -0.05) is 18.2 Å². The number of hydrogen-bond acceptors (Lipinski definition) is 3. The Bertz CT molecular complexity index is 842. The number of carbonyl (C=O) groups excluding carboxylic acids is 2. The minimum absolute atomic E-state index is 0.176. The number of fused-ring (bicyclic) bond motifs is 1. The van der Waals surface area contributed by atoms with Gasteiger partial charge in [0.2, 0.25) is 0 Å². The van der Waals surface area contributed by atoms with E-state index in [1.807, 2.05) is 6.07 Å². The minimum atomic E-state index is -0.548. The second-order valence-electron chi connectivity index (χ2n) is 4.53. The lowest BCUT2D eigenvalue weighted by atomic mass is 10.2. The van der Waals surface area contributed by atoms with Crippen LogP contribution in [0.3, 0.4) is 0 Å². The van der Waals surface area contributed by atoms with Gasteiger partial charge < -0.3 is 0 Å². The Morgan fingerprint density at radius 1 is 0.955 bits per heavy atom. The first-order chi connectivity index (χ1) is 10.6. The lowest BCUT2D eigenvalue weighted by molar-refractivity contribution is 0.0844. The van der Waals surface area contributed by atoms with Crippen LogP contribution in [0.4, 0.5) is 4.39 Å². The molecule has 3 N–H and O–H groups in total. The molecule has 22 heavy (non-hydrogen) atoms. The molecule has 110 valence electrons. The average molecular weight is 298 g/mol. The van der Waals surface area contributed by atoms with Crippen molar-refractivity contribution in [2.75, 3.05) is 0 Å². The molecule has 0 unspecified atom stereocenters. The van der Waals surface area contributed by atoms with E-state index in [1.54, 1.807) is 18.2 Å². The van der Waals surface area contributed by atoms with Crippen LogP contribution in [-0.4, -0.2) is 22.0 Å². The Balaban J connectivity index is 1.70. The molecule has 1 aromatic heterocycles. The Labute approximate surface area is 124 Å². The normalized spacial score (nSPS) is 10.4. The number of nitrogens with one attached hydrogen (secondary N) is 3. The Hall–Kier alpha value is -3.22. The summed E-state index contributed by atoms with van der Waals surface area (Å²) in [6, 6.07) is 12.1. The van der Waals surface area contributed by atoms with E-state index in [9.17, 15) is 14.0 Å². The molecule has 0 fully saturated rings. The maximum absolute atomic E-state index is 12.8. The summed E-state index contributed by atoms with van der Waals surface area (Å²) in [5.41, 5.74) is 5.66. The van der Waals surface area contributed by atoms with Gasteiger partial charge in [0, 0.05) is 10.9 Å². The molecule has 3 rings (SSSR count). The highest BCUT2D eigenvalue weighted by molar-refractivity contribution is 6.05. The standard InChI is InChI=1S/C15H11FN4O2/c16-10-7-5-9(6-8-10)14(21)19-20-15(22)13-11-3-1-2-4-12(11)17-18-13/h1-8H,(H,17,18)(H,19,21)(H,20,22). The summed E-state index contributed by atoms with van der Waals surface area (Å²) in [6.45, 7) is 0. The van der Waals surface area contributed by atoms with Crippen LogP contribution in [0.2, 0.25) is 0 Å². The van der Waals surface area contributed by atoms with Crippen molar-refractivity contribution in [1.82, 2.24) is 21.0 Å². The summed E-state index contributed by atoms with van der Waals surface area (Å²) in [6.07, 6.45) is 0. The number of aromatic nitrogens is 2. The summed E-state index contributed by atoms with van der Waals surface area (Å²) in [5.74, 6) is -1.54. The maximum Gasteiger partial charge on any atom is 0.290 e. The number of benzene rings is 2. The van der Waals surface area contributed by atoms with Crippen molar-refractivity contribution in [3.8, 4) is 0 Å². The topological polar surface area (TPSA) is 86.9 Å². The molecule has 0 spiro atoms. The summed E-state index contributed by atoms with van der Waals surface area (Å²) in [7, 11) is 0. The second-order valence-corrected chi connectivity index (χ2v) is 4.53. The molecule has 0 saturated heterocycles. The zero-order chi connectivity index (χ0) is 15.5. The van der Waals surface area contributed by atoms with Gasteiger partial charge >= 0.3 is 0 Å². The summed E-state index contributed by atoms with van der Waals surface area (Å²) in [5, 5.41) is 7.30. The van der Waals surface area contributed by atoms with E-state index in [0.29, 0.717) is 5.39 Å². The van der Waals surface area contributed by atoms with Gasteiger partial charge in [-0.25, -0.2) is 4.39 Å². The van der Waals surface area contributed by atoms with Gasteiger partial charge in [-0.2, -0.15) is 5.10 Å². The van der Waals surface area contributed by atoms with Gasteiger partial charge in [-0.05, 0) is 30.3 Å². The third kappa shape index (κ3) is 2.64. The molecule has 7 heteroatoms. The van der Waals surface area contributed by atoms with Crippen LogP contribution in [-0.2, 0) is 0 Å². The fraction of sp³-hybridized carbons (Fsp3) is 0. The molecule has 0 aliphatic heterocycles. The van der Waals surface area contributed by atoms with Crippen molar-refractivity contribution >= 4 is 22.7 Å². The van der Waals surface area contributed by atoms with Gasteiger partial charge in [0.25, 0.3) is 11.8 Å². The first-order valence-corrected chi connectivity index (χ1v) is 6.44. The zero-order valence-electron chi connectivity index (χ0n) is 11.3. The maximum atomic E-state index is 12.8. The number of carbonyl (C=O) groups is 2. The van der Waals surface area contributed by atoms with Crippen molar-refractivity contribution in [2.24, 2.45) is 0 Å². The molecule has 2 aromatic carbocycles. The lowest BCUT2D eigenvalue weighted by Gasteiger charge is -2.06. The van der Waals surface area contributed by atoms with Crippen molar-refractivity contribution in [3.63, 3.8) is 0 Å². The number of aromatic amines is 1. The number of halogens is 1. The number of para-hydroxylation sites is 1. The van der Waals surface area contributed by atoms with Crippen LogP contribution in [0.15, 0.2) is 48.5 Å². The largest absolute Gasteiger partial charge is 0.290 e. The van der Waals surface area contributed by atoms with Crippen molar-refractivity contribution in [2.45, 2.75) is 0 Å². The Morgan fingerprint density at radius 3 is 2.41 bits per heavy atom. The summed E-state index contributed by atoms with van der Waals surface area (Å²) in [4.78, 5) is 23.9. The average Bonchev–Trinajstić information content (AvgIpc) is 2.97. The van der Waals surface area contributed by atoms with Gasteiger partial charge in [0.15, 0.2) is 5.69 Å². The van der Waals surface area contributed by atoms with Gasteiger partial charge in [0.05, 0.1) is 5.52 Å². The molecular weight excluding hydrogens is 287 g/mol. The Morgan fingerprint density at radius 2 is 1.64 bits per heavy atom. The van der Waals surface area contributed by atoms with Crippen molar-refractivity contribution in [3.05, 3.63) is 65.6 Å². The van der Waals surface area contributed by atoms with E-state index in [1.165, 1.54) is 12.1 Å². The molecule has 0 saturated carbocycles. The number of rotatable bonds is 2. The van der Waals surface area contributed by atoms with E-state index in [2.05, 4.69) is 21.0 Å². The number of hydrazine groups is 1. The van der Waals surface area contributed by atoms with E-state index in [0.717, 1.165) is 17.6 Å². The lowest BCUT2D eigenvalue weighted by Crippen LogP contribution is -2.41. The Kier molecular flexibility index (Phi) is 3.53. The highest BCUT2D eigenvalue weighted by Gasteiger charge is 2.14. The fourth-order valence-corrected chi connectivity index (χ4v) is 1.98. The van der Waals surface area contributed by atoms with Crippen molar-refractivity contribution < 1.29 is 14.0 Å². The van der Waals surface area contributed by atoms with Crippen LogP contribution >= 0.6 is 0 Å². The monoisotopic (exact) mass is 298 g/mol. The third-order valence-corrected chi connectivity index (χ3v) is 3.08. The van der Waals surface area contributed by atoms with Crippen LogP contribution < -0.4 is 10.9 Å². The summed E-state index contributed by atoms with van der Waals surface area (Å²) >= 11 is 0. The molecule has 2 amide bonds. The second kappa shape index (κ2) is 5.65. The van der Waals surface area contributed by atoms with E-state index in [-0.39, 0.29) is 11.3 Å². The van der Waals surface area contributed by atoms with Crippen LogP contribution in [0, 0.1) is 5.82 Å². The highest BCUT2D eigenvalue weighted by atomic mass is 19.1.